The van der Waals surface area contributed by atoms with E-state index in [4.69, 9.17) is 0 Å². The Morgan fingerprint density at radius 3 is 1.10 bits per heavy atom. The van der Waals surface area contributed by atoms with Gasteiger partial charge in [0.25, 0.3) is 0 Å². The van der Waals surface area contributed by atoms with Crippen molar-refractivity contribution in [2.75, 3.05) is 0 Å². The van der Waals surface area contributed by atoms with Crippen molar-refractivity contribution in [1.29, 1.82) is 0 Å². The van der Waals surface area contributed by atoms with Gasteiger partial charge in [-0.15, -0.1) is 0 Å². The second-order valence-corrected chi connectivity index (χ2v) is 6.30. The van der Waals surface area contributed by atoms with Crippen LogP contribution in [0, 0.1) is 0 Å². The highest BCUT2D eigenvalue weighted by Gasteiger charge is 2.18. The molecule has 0 atom stereocenters. The van der Waals surface area contributed by atoms with Gasteiger partial charge in [-0.3, -0.25) is 0 Å². The summed E-state index contributed by atoms with van der Waals surface area (Å²) in [6.45, 7) is 16.0. The molecule has 2 aliphatic carbocycles. The predicted octanol–water partition coefficient (Wildman–Crippen LogP) is 8.84. The maximum atomic E-state index is 2.36. The van der Waals surface area contributed by atoms with E-state index in [1.165, 1.54) is 62.5 Å². The smallest absolute Gasteiger partial charge is 0 e. The number of rotatable bonds is 1. The van der Waals surface area contributed by atoms with Crippen LogP contribution in [0.5, 0.6) is 0 Å². The standard InChI is InChI=1S/C20H22.4C2H6.B/c1-3-11-17-15(7-1)9-5-13-19(17)20-14-6-10-16-8-2-4-12-18(16)20;4*1-2;/h5-6,9-10,13-14H,1-4,7-8,11-12H2;4*1-2H3;. The first-order valence-electron chi connectivity index (χ1n) is 12.2. The summed E-state index contributed by atoms with van der Waals surface area (Å²) in [5.41, 5.74) is 9.53. The normalized spacial score (nSPS) is 12.8. The third-order valence-electron chi connectivity index (χ3n) is 5.08. The van der Waals surface area contributed by atoms with E-state index in [2.05, 4.69) is 36.4 Å². The lowest BCUT2D eigenvalue weighted by Crippen LogP contribution is -2.08. The summed E-state index contributed by atoms with van der Waals surface area (Å²) >= 11 is 0. The molecule has 0 aliphatic heterocycles. The zero-order chi connectivity index (χ0) is 21.4. The Morgan fingerprint density at radius 2 is 0.759 bits per heavy atom. The molecule has 0 saturated carbocycles. The van der Waals surface area contributed by atoms with Gasteiger partial charge in [0.2, 0.25) is 0 Å². The highest BCUT2D eigenvalue weighted by atomic mass is 14.2. The number of aryl methyl sites for hydroxylation is 2. The lowest BCUT2D eigenvalue weighted by atomic mass is 9.81. The van der Waals surface area contributed by atoms with Crippen LogP contribution in [0.1, 0.15) is 103 Å². The van der Waals surface area contributed by atoms with Crippen molar-refractivity contribution < 1.29 is 0 Å². The fraction of sp³-hybridized carbons (Fsp3) is 0.571. The van der Waals surface area contributed by atoms with Gasteiger partial charge in [-0.25, -0.2) is 0 Å². The Balaban J connectivity index is 0. The fourth-order valence-corrected chi connectivity index (χ4v) is 4.07. The van der Waals surface area contributed by atoms with Crippen LogP contribution in [0.3, 0.4) is 0 Å². The number of fused-ring (bicyclic) bond motifs is 2. The fourth-order valence-electron chi connectivity index (χ4n) is 4.07. The van der Waals surface area contributed by atoms with E-state index < -0.39 is 0 Å². The number of benzene rings is 2. The average Bonchev–Trinajstić information content (AvgIpc) is 2.83. The molecular weight excluding hydrogens is 347 g/mol. The maximum Gasteiger partial charge on any atom is 0 e. The summed E-state index contributed by atoms with van der Waals surface area (Å²) in [5.74, 6) is 0. The molecule has 0 spiro atoms. The zero-order valence-corrected chi connectivity index (χ0v) is 20.7. The minimum atomic E-state index is 0. The Bertz CT molecular complexity index is 585. The minimum absolute atomic E-state index is 0. The van der Waals surface area contributed by atoms with E-state index in [1.54, 1.807) is 22.3 Å². The van der Waals surface area contributed by atoms with Crippen LogP contribution in [0.15, 0.2) is 36.4 Å². The summed E-state index contributed by atoms with van der Waals surface area (Å²) in [6, 6.07) is 13.9. The molecule has 0 bridgehead atoms. The first-order valence-corrected chi connectivity index (χ1v) is 12.2. The predicted molar refractivity (Wildman–Crippen MR) is 136 cm³/mol. The molecule has 1 heteroatoms. The second kappa shape index (κ2) is 18.5. The van der Waals surface area contributed by atoms with Crippen LogP contribution in [-0.2, 0) is 25.7 Å². The van der Waals surface area contributed by atoms with Gasteiger partial charge in [0.15, 0.2) is 0 Å². The third-order valence-corrected chi connectivity index (χ3v) is 5.08. The van der Waals surface area contributed by atoms with Gasteiger partial charge in [0.05, 0.1) is 0 Å². The summed E-state index contributed by atoms with van der Waals surface area (Å²) in [5, 5.41) is 0. The van der Waals surface area contributed by atoms with E-state index in [0.717, 1.165) is 0 Å². The molecule has 29 heavy (non-hydrogen) atoms. The lowest BCUT2D eigenvalue weighted by Gasteiger charge is -2.24. The van der Waals surface area contributed by atoms with Crippen molar-refractivity contribution >= 4 is 8.41 Å². The molecule has 2 aromatic rings. The van der Waals surface area contributed by atoms with Gasteiger partial charge in [0.1, 0.15) is 0 Å². The maximum absolute atomic E-state index is 2.36. The van der Waals surface area contributed by atoms with Gasteiger partial charge >= 0.3 is 0 Å². The van der Waals surface area contributed by atoms with E-state index in [9.17, 15) is 0 Å². The summed E-state index contributed by atoms with van der Waals surface area (Å²) < 4.78 is 0. The Hall–Kier alpha value is -1.50. The monoisotopic (exact) mass is 393 g/mol. The van der Waals surface area contributed by atoms with Crippen LogP contribution in [-0.4, -0.2) is 8.41 Å². The molecule has 2 aromatic carbocycles. The van der Waals surface area contributed by atoms with Crippen molar-refractivity contribution in [3.63, 3.8) is 0 Å². The van der Waals surface area contributed by atoms with Crippen molar-refractivity contribution in [3.8, 4) is 11.1 Å². The van der Waals surface area contributed by atoms with Gasteiger partial charge in [-0.2, -0.15) is 0 Å². The van der Waals surface area contributed by atoms with Crippen molar-refractivity contribution in [2.45, 2.75) is 107 Å². The topological polar surface area (TPSA) is 0 Å². The highest BCUT2D eigenvalue weighted by molar-refractivity contribution is 5.75. The first-order chi connectivity index (χ1) is 13.9. The van der Waals surface area contributed by atoms with Gasteiger partial charge in [-0.1, -0.05) is 91.8 Å². The molecular formula is C28H46B. The van der Waals surface area contributed by atoms with Gasteiger partial charge in [-0.05, 0) is 84.7 Å². The van der Waals surface area contributed by atoms with Crippen LogP contribution < -0.4 is 0 Å². The molecule has 0 unspecified atom stereocenters. The minimum Gasteiger partial charge on any atom is -0.0683 e. The molecule has 161 valence electrons. The van der Waals surface area contributed by atoms with Crippen molar-refractivity contribution in [1.82, 2.24) is 0 Å². The molecule has 0 amide bonds. The van der Waals surface area contributed by atoms with Crippen LogP contribution in [0.25, 0.3) is 11.1 Å². The van der Waals surface area contributed by atoms with Crippen molar-refractivity contribution in [3.05, 3.63) is 58.7 Å². The molecule has 0 N–H and O–H groups in total. The Labute approximate surface area is 185 Å². The molecule has 0 aromatic heterocycles. The molecule has 0 fully saturated rings. The molecule has 3 radical (unpaired) electrons. The van der Waals surface area contributed by atoms with Gasteiger partial charge < -0.3 is 0 Å². The number of hydrogen-bond donors (Lipinski definition) is 0. The lowest BCUT2D eigenvalue weighted by molar-refractivity contribution is 0.681. The highest BCUT2D eigenvalue weighted by Crippen LogP contribution is 2.36. The average molecular weight is 393 g/mol. The van der Waals surface area contributed by atoms with Gasteiger partial charge in [0, 0.05) is 8.41 Å². The Kier molecular flexibility index (Phi) is 19.0. The first kappa shape index (κ1) is 29.7. The molecule has 2 aliphatic rings. The van der Waals surface area contributed by atoms with Crippen LogP contribution >= 0.6 is 0 Å². The Morgan fingerprint density at radius 1 is 0.448 bits per heavy atom. The third kappa shape index (κ3) is 8.04. The molecule has 0 heterocycles. The zero-order valence-electron chi connectivity index (χ0n) is 20.7. The second-order valence-electron chi connectivity index (χ2n) is 6.30. The van der Waals surface area contributed by atoms with E-state index in [-0.39, 0.29) is 8.41 Å². The quantitative estimate of drug-likeness (QED) is 0.425. The summed E-state index contributed by atoms with van der Waals surface area (Å²) in [6.07, 6.45) is 10.5. The molecule has 0 saturated heterocycles. The van der Waals surface area contributed by atoms with Crippen LogP contribution in [0.4, 0.5) is 0 Å². The van der Waals surface area contributed by atoms with E-state index in [1.807, 2.05) is 55.4 Å². The SMILES string of the molecule is CC.CC.CC.CC.[B].c1cc2c(c(-c3cccc4c3CCCC4)c1)CCCC2. The molecule has 4 rings (SSSR count). The summed E-state index contributed by atoms with van der Waals surface area (Å²) in [4.78, 5) is 0. The number of hydrogen-bond acceptors (Lipinski definition) is 0. The van der Waals surface area contributed by atoms with E-state index in [0.29, 0.717) is 0 Å². The summed E-state index contributed by atoms with van der Waals surface area (Å²) in [7, 11) is 0. The molecule has 0 nitrogen and oxygen atoms in total. The largest absolute Gasteiger partial charge is 0.0683 e. The van der Waals surface area contributed by atoms with Crippen LogP contribution in [0.2, 0.25) is 0 Å². The van der Waals surface area contributed by atoms with Crippen molar-refractivity contribution in [2.24, 2.45) is 0 Å². The van der Waals surface area contributed by atoms with E-state index >= 15 is 0 Å².